The fourth-order valence-electron chi connectivity index (χ4n) is 1.15. The van der Waals surface area contributed by atoms with Crippen LogP contribution in [0.5, 0.6) is 11.5 Å². The van der Waals surface area contributed by atoms with Gasteiger partial charge in [0.25, 0.3) is 0 Å². The molecule has 0 saturated heterocycles. The first kappa shape index (κ1) is 13.2. The van der Waals surface area contributed by atoms with E-state index in [9.17, 15) is 20.0 Å². The van der Waals surface area contributed by atoms with Crippen LogP contribution < -0.4 is 15.9 Å². The van der Waals surface area contributed by atoms with E-state index in [0.717, 1.165) is 12.3 Å². The fourth-order valence-corrected chi connectivity index (χ4v) is 1.15. The van der Waals surface area contributed by atoms with Crippen LogP contribution in [0.15, 0.2) is 17.2 Å². The van der Waals surface area contributed by atoms with Gasteiger partial charge in [-0.15, -0.1) is 0 Å². The highest BCUT2D eigenvalue weighted by molar-refractivity contribution is 5.84. The third-order valence-corrected chi connectivity index (χ3v) is 1.88. The number of hydrogen-bond donors (Lipinski definition) is 3. The summed E-state index contributed by atoms with van der Waals surface area (Å²) in [6, 6.07) is 1.52. The van der Waals surface area contributed by atoms with Crippen molar-refractivity contribution in [2.45, 2.75) is 0 Å². The maximum atomic E-state index is 10.7. The lowest BCUT2D eigenvalue weighted by molar-refractivity contribution is -0.386. The molecule has 1 aromatic carbocycles. The highest BCUT2D eigenvalue weighted by Gasteiger charge is 2.19. The lowest BCUT2D eigenvalue weighted by Crippen LogP contribution is -2.24. The van der Waals surface area contributed by atoms with Gasteiger partial charge in [-0.1, -0.05) is 0 Å². The minimum Gasteiger partial charge on any atom is -0.500 e. The average molecular weight is 254 g/mol. The lowest BCUT2D eigenvalue weighted by atomic mass is 10.2. The number of phenolic OH excluding ortho intramolecular Hbond substituents is 1. The minimum atomic E-state index is -0.869. The van der Waals surface area contributed by atoms with Crippen LogP contribution in [0, 0.1) is 10.1 Å². The molecule has 1 aromatic rings. The van der Waals surface area contributed by atoms with Crippen LogP contribution in [0.1, 0.15) is 5.56 Å². The molecule has 0 aliphatic carbocycles. The SMILES string of the molecule is COc1cc(C=NNC(N)=O)cc([N+](=O)[O-])c1O. The number of rotatable bonds is 4. The summed E-state index contributed by atoms with van der Waals surface area (Å²) >= 11 is 0. The number of hydrazone groups is 1. The van der Waals surface area contributed by atoms with Crippen molar-refractivity contribution in [3.05, 3.63) is 27.8 Å². The van der Waals surface area contributed by atoms with Crippen LogP contribution in [0.4, 0.5) is 10.5 Å². The average Bonchev–Trinajstić information content (AvgIpc) is 2.30. The van der Waals surface area contributed by atoms with E-state index < -0.39 is 22.4 Å². The molecule has 96 valence electrons. The fraction of sp³-hybridized carbons (Fsp3) is 0.111. The third kappa shape index (κ3) is 3.07. The molecule has 0 atom stereocenters. The van der Waals surface area contributed by atoms with Crippen LogP contribution in [0.25, 0.3) is 0 Å². The molecular weight excluding hydrogens is 244 g/mol. The number of benzene rings is 1. The Morgan fingerprint density at radius 3 is 2.83 bits per heavy atom. The Bertz CT molecular complexity index is 514. The predicted molar refractivity (Wildman–Crippen MR) is 61.6 cm³/mol. The van der Waals surface area contributed by atoms with Crippen LogP contribution in [0.3, 0.4) is 0 Å². The van der Waals surface area contributed by atoms with Gasteiger partial charge in [0.15, 0.2) is 5.75 Å². The highest BCUT2D eigenvalue weighted by atomic mass is 16.6. The Morgan fingerprint density at radius 1 is 1.67 bits per heavy atom. The van der Waals surface area contributed by atoms with E-state index in [1.165, 1.54) is 13.2 Å². The van der Waals surface area contributed by atoms with Gasteiger partial charge in [0.05, 0.1) is 18.2 Å². The summed E-state index contributed by atoms with van der Waals surface area (Å²) in [5.41, 5.74) is 6.43. The van der Waals surface area contributed by atoms with Gasteiger partial charge >= 0.3 is 11.7 Å². The molecule has 0 heterocycles. The van der Waals surface area contributed by atoms with Crippen molar-refractivity contribution in [2.75, 3.05) is 7.11 Å². The maximum Gasteiger partial charge on any atom is 0.332 e. The van der Waals surface area contributed by atoms with Crippen molar-refractivity contribution in [1.82, 2.24) is 5.43 Å². The molecule has 0 spiro atoms. The molecule has 0 saturated carbocycles. The van der Waals surface area contributed by atoms with Crippen LogP contribution >= 0.6 is 0 Å². The summed E-state index contributed by atoms with van der Waals surface area (Å²) in [5.74, 6) is -0.660. The number of methoxy groups -OCH3 is 1. The minimum absolute atomic E-state index is 0.0790. The molecule has 0 bridgehead atoms. The number of urea groups is 1. The van der Waals surface area contributed by atoms with E-state index in [0.29, 0.717) is 0 Å². The Balaban J connectivity index is 3.13. The Labute approximate surface area is 101 Å². The van der Waals surface area contributed by atoms with E-state index in [-0.39, 0.29) is 11.3 Å². The number of phenols is 1. The molecule has 9 heteroatoms. The standard InChI is InChI=1S/C9H10N4O5/c1-18-7-3-5(4-11-12-9(10)15)2-6(8(7)14)13(16)17/h2-4,14H,1H3,(H3,10,12,15). The lowest BCUT2D eigenvalue weighted by Gasteiger charge is -2.04. The number of aromatic hydroxyl groups is 1. The molecule has 0 aliphatic rings. The molecule has 0 unspecified atom stereocenters. The first-order valence-electron chi connectivity index (χ1n) is 4.59. The highest BCUT2D eigenvalue weighted by Crippen LogP contribution is 2.36. The molecular formula is C9H10N4O5. The predicted octanol–water partition coefficient (Wildman–Crippen LogP) is 0.311. The molecule has 1 rings (SSSR count). The van der Waals surface area contributed by atoms with Gasteiger partial charge in [-0.05, 0) is 6.07 Å². The zero-order valence-electron chi connectivity index (χ0n) is 9.28. The van der Waals surface area contributed by atoms with E-state index >= 15 is 0 Å². The molecule has 4 N–H and O–H groups in total. The normalized spacial score (nSPS) is 10.3. The number of carbonyl (C=O) groups excluding carboxylic acids is 1. The number of hydrogen-bond acceptors (Lipinski definition) is 6. The van der Waals surface area contributed by atoms with E-state index in [1.54, 1.807) is 0 Å². The summed E-state index contributed by atoms with van der Waals surface area (Å²) in [5, 5.41) is 23.6. The molecule has 0 radical (unpaired) electrons. The smallest absolute Gasteiger partial charge is 0.332 e. The summed E-state index contributed by atoms with van der Waals surface area (Å²) in [4.78, 5) is 20.3. The summed E-state index contributed by atoms with van der Waals surface area (Å²) in [7, 11) is 1.25. The Hall–Kier alpha value is -2.84. The second kappa shape index (κ2) is 5.48. The monoisotopic (exact) mass is 254 g/mol. The van der Waals surface area contributed by atoms with Crippen LogP contribution in [0.2, 0.25) is 0 Å². The summed E-state index contributed by atoms with van der Waals surface area (Å²) < 4.78 is 4.78. The molecule has 0 aromatic heterocycles. The summed E-state index contributed by atoms with van der Waals surface area (Å²) in [6.07, 6.45) is 1.12. The number of nitrogens with two attached hydrogens (primary N) is 1. The quantitative estimate of drug-likeness (QED) is 0.403. The van der Waals surface area contributed by atoms with Gasteiger partial charge in [0.1, 0.15) is 0 Å². The van der Waals surface area contributed by atoms with Crippen molar-refractivity contribution in [3.63, 3.8) is 0 Å². The zero-order valence-corrected chi connectivity index (χ0v) is 9.28. The number of nitrogens with zero attached hydrogens (tertiary/aromatic N) is 2. The van der Waals surface area contributed by atoms with Crippen molar-refractivity contribution < 1.29 is 19.6 Å². The van der Waals surface area contributed by atoms with Crippen molar-refractivity contribution in [2.24, 2.45) is 10.8 Å². The van der Waals surface area contributed by atoms with Crippen LogP contribution in [-0.2, 0) is 0 Å². The first-order valence-corrected chi connectivity index (χ1v) is 4.59. The zero-order chi connectivity index (χ0) is 13.7. The van der Waals surface area contributed by atoms with E-state index in [1.807, 2.05) is 5.43 Å². The van der Waals surface area contributed by atoms with Gasteiger partial charge in [-0.25, -0.2) is 10.2 Å². The number of ether oxygens (including phenoxy) is 1. The maximum absolute atomic E-state index is 10.7. The number of amides is 2. The number of nitro groups is 1. The Kier molecular flexibility index (Phi) is 4.02. The topological polar surface area (TPSA) is 140 Å². The van der Waals surface area contributed by atoms with Gasteiger partial charge in [0, 0.05) is 11.6 Å². The van der Waals surface area contributed by atoms with Crippen molar-refractivity contribution >= 4 is 17.9 Å². The van der Waals surface area contributed by atoms with Gasteiger partial charge in [-0.2, -0.15) is 5.10 Å². The van der Waals surface area contributed by atoms with Gasteiger partial charge in [0.2, 0.25) is 5.75 Å². The third-order valence-electron chi connectivity index (χ3n) is 1.88. The van der Waals surface area contributed by atoms with Gasteiger partial charge < -0.3 is 15.6 Å². The number of carbonyl (C=O) groups is 1. The van der Waals surface area contributed by atoms with Crippen LogP contribution in [-0.4, -0.2) is 29.4 Å². The second-order valence-corrected chi connectivity index (χ2v) is 3.08. The summed E-state index contributed by atoms with van der Waals surface area (Å²) in [6.45, 7) is 0. The molecule has 9 nitrogen and oxygen atoms in total. The van der Waals surface area contributed by atoms with Crippen molar-refractivity contribution in [3.8, 4) is 11.5 Å². The number of nitrogens with one attached hydrogen (secondary N) is 1. The number of primary amides is 1. The number of nitro benzene ring substituents is 1. The first-order chi connectivity index (χ1) is 8.45. The molecule has 2 amide bonds. The molecule has 0 fully saturated rings. The molecule has 18 heavy (non-hydrogen) atoms. The second-order valence-electron chi connectivity index (χ2n) is 3.08. The van der Waals surface area contributed by atoms with E-state index in [2.05, 4.69) is 5.10 Å². The molecule has 0 aliphatic heterocycles. The van der Waals surface area contributed by atoms with Gasteiger partial charge in [-0.3, -0.25) is 10.1 Å². The van der Waals surface area contributed by atoms with Crippen molar-refractivity contribution in [1.29, 1.82) is 0 Å². The largest absolute Gasteiger partial charge is 0.500 e. The van der Waals surface area contributed by atoms with E-state index in [4.69, 9.17) is 10.5 Å². The Morgan fingerprint density at radius 2 is 2.33 bits per heavy atom.